The predicted octanol–water partition coefficient (Wildman–Crippen LogP) is 9.93. The number of methoxy groups -OCH3 is 1. The highest BCUT2D eigenvalue weighted by Crippen LogP contribution is 2.33. The molecule has 0 saturated heterocycles. The molecule has 0 unspecified atom stereocenters. The van der Waals surface area contributed by atoms with Crippen LogP contribution in [0.4, 0.5) is 56.9 Å². The third-order valence-corrected chi connectivity index (χ3v) is 7.82. The quantitative estimate of drug-likeness (QED) is 0.0785. The van der Waals surface area contributed by atoms with Gasteiger partial charge >= 0.3 is 0 Å². The van der Waals surface area contributed by atoms with E-state index in [4.69, 9.17) is 21.1 Å². The van der Waals surface area contributed by atoms with E-state index < -0.39 is 0 Å². The SMILES string of the molecule is CCOc1ccc(N=C=O)cc1N=C=O.COc1ccc(N=C=O)cc1N=C=O.O=C=Nc1ccc(Br)c(N=C=O)c1.O=C=Nc1ccc(Cl)c(N=C=O)c1.O=C=Nc1ccc(N=C=O)cc1. The Kier molecular flexibility index (Phi) is 27.9. The molecule has 22 nitrogen and oxygen atoms in total. The molecule has 5 aromatic rings. The number of ether oxygens (including phenoxy) is 2. The molecule has 0 amide bonds. The van der Waals surface area contributed by atoms with E-state index >= 15 is 0 Å². The lowest BCUT2D eigenvalue weighted by Crippen LogP contribution is -1.91. The molecule has 24 heteroatoms. The summed E-state index contributed by atoms with van der Waals surface area (Å²) >= 11 is 8.83. The van der Waals surface area contributed by atoms with Gasteiger partial charge in [0.25, 0.3) is 0 Å². The van der Waals surface area contributed by atoms with Crippen molar-refractivity contribution in [3.63, 3.8) is 0 Å². The van der Waals surface area contributed by atoms with Gasteiger partial charge in [-0.2, -0.15) is 49.9 Å². The maximum atomic E-state index is 10.1. The average molecular weight is 988 g/mol. The summed E-state index contributed by atoms with van der Waals surface area (Å²) in [6, 6.07) is 24.4. The Labute approximate surface area is 389 Å². The highest BCUT2D eigenvalue weighted by Gasteiger charge is 2.05. The summed E-state index contributed by atoms with van der Waals surface area (Å²) in [7, 11) is 1.45. The molecule has 0 saturated carbocycles. The Bertz CT molecular complexity index is 2900. The minimum absolute atomic E-state index is 0.230. The van der Waals surface area contributed by atoms with Crippen LogP contribution in [0.3, 0.4) is 0 Å². The average Bonchev–Trinajstić information content (AvgIpc) is 3.32. The molecule has 0 aliphatic carbocycles. The Morgan fingerprint density at radius 1 is 0.403 bits per heavy atom. The van der Waals surface area contributed by atoms with Crippen LogP contribution in [0.5, 0.6) is 11.5 Å². The lowest BCUT2D eigenvalue weighted by Gasteiger charge is -2.05. The Morgan fingerprint density at radius 2 is 0.701 bits per heavy atom. The second kappa shape index (κ2) is 33.8. The highest BCUT2D eigenvalue weighted by molar-refractivity contribution is 9.10. The molecular formula is C43H24BrClN10O12. The van der Waals surface area contributed by atoms with Crippen LogP contribution >= 0.6 is 27.5 Å². The molecule has 0 aliphatic rings. The van der Waals surface area contributed by atoms with Crippen LogP contribution < -0.4 is 9.47 Å². The molecule has 0 heterocycles. The van der Waals surface area contributed by atoms with Crippen LogP contribution in [0.1, 0.15) is 6.92 Å². The van der Waals surface area contributed by atoms with Crippen molar-refractivity contribution < 1.29 is 57.4 Å². The standard InChI is InChI=1S/C10H8N2O3.C9H6N2O3.C8H3BrN2O2.C8H3ClN2O2.C8H4N2O2/c1-2-15-10-4-3-8(11-6-13)5-9(10)12-7-14;1-14-9-3-2-7(10-5-12)4-8(9)11-6-13;2*9-7-2-1-6(10-4-12)3-8(7)11-5-13;11-5-9-7-1-2-8(4-3-7)10-6-12/h3-5H,2H2,1H3;2-4H,1H3;2*1-3H;1-4H. The van der Waals surface area contributed by atoms with Crippen molar-refractivity contribution in [1.29, 1.82) is 0 Å². The molecule has 67 heavy (non-hydrogen) atoms. The topological polar surface area (TPSA) is 313 Å². The number of nitrogens with zero attached hydrogens (tertiary/aromatic N) is 10. The van der Waals surface area contributed by atoms with Gasteiger partial charge in [0, 0.05) is 4.47 Å². The van der Waals surface area contributed by atoms with E-state index in [9.17, 15) is 47.9 Å². The van der Waals surface area contributed by atoms with E-state index in [1.165, 1.54) is 104 Å². The highest BCUT2D eigenvalue weighted by atomic mass is 79.9. The molecule has 332 valence electrons. The number of isocyanates is 10. The number of rotatable bonds is 13. The zero-order valence-electron chi connectivity index (χ0n) is 34.1. The third-order valence-electron chi connectivity index (χ3n) is 6.83. The van der Waals surface area contributed by atoms with Crippen LogP contribution in [-0.4, -0.2) is 74.5 Å². The molecule has 5 rings (SSSR count). The fourth-order valence-electron chi connectivity index (χ4n) is 4.20. The largest absolute Gasteiger partial charge is 0.494 e. The van der Waals surface area contributed by atoms with E-state index in [1.807, 2.05) is 6.92 Å². The molecule has 0 radical (unpaired) electrons. The van der Waals surface area contributed by atoms with E-state index in [0.29, 0.717) is 73.1 Å². The van der Waals surface area contributed by atoms with Gasteiger partial charge in [0.05, 0.1) is 64.2 Å². The van der Waals surface area contributed by atoms with Gasteiger partial charge in [0.15, 0.2) is 0 Å². The summed E-state index contributed by atoms with van der Waals surface area (Å²) < 4.78 is 10.8. The minimum atomic E-state index is 0.230. The fraction of sp³-hybridized carbons (Fsp3) is 0.0698. The molecular weight excluding hydrogens is 964 g/mol. The summed E-state index contributed by atoms with van der Waals surface area (Å²) in [6.45, 7) is 2.27. The lowest BCUT2D eigenvalue weighted by molar-refractivity contribution is 0.341. The molecule has 0 atom stereocenters. The first-order valence-corrected chi connectivity index (χ1v) is 18.6. The van der Waals surface area contributed by atoms with Gasteiger partial charge in [-0.1, -0.05) is 11.6 Å². The van der Waals surface area contributed by atoms with Crippen LogP contribution in [0.2, 0.25) is 5.02 Å². The molecule has 0 aromatic heterocycles. The second-order valence-corrected chi connectivity index (χ2v) is 12.0. The summed E-state index contributed by atoms with van der Waals surface area (Å²) in [6.07, 6.45) is 13.9. The van der Waals surface area contributed by atoms with Crippen LogP contribution in [0.25, 0.3) is 0 Å². The first-order chi connectivity index (χ1) is 32.5. The summed E-state index contributed by atoms with van der Waals surface area (Å²) in [4.78, 5) is 133. The number of hydrogen-bond donors (Lipinski definition) is 0. The van der Waals surface area contributed by atoms with Gasteiger partial charge in [0.2, 0.25) is 60.8 Å². The van der Waals surface area contributed by atoms with Crippen LogP contribution in [-0.2, 0) is 47.9 Å². The van der Waals surface area contributed by atoms with E-state index in [-0.39, 0.29) is 11.4 Å². The van der Waals surface area contributed by atoms with Gasteiger partial charge in [-0.05, 0) is 120 Å². The second-order valence-electron chi connectivity index (χ2n) is 10.8. The number of aliphatic imine (C=N–C) groups is 10. The van der Waals surface area contributed by atoms with Crippen molar-refractivity contribution in [1.82, 2.24) is 0 Å². The number of carbonyl (C=O) groups excluding carboxylic acids is 10. The molecule has 0 spiro atoms. The normalized spacial score (nSPS) is 8.36. The molecule has 0 fully saturated rings. The molecule has 5 aromatic carbocycles. The van der Waals surface area contributed by atoms with E-state index in [1.54, 1.807) is 60.7 Å². The van der Waals surface area contributed by atoms with Crippen LogP contribution in [0, 0.1) is 0 Å². The van der Waals surface area contributed by atoms with Gasteiger partial charge in [-0.25, -0.2) is 47.9 Å². The predicted molar refractivity (Wildman–Crippen MR) is 240 cm³/mol. The fourth-order valence-corrected chi connectivity index (χ4v) is 4.70. The zero-order valence-corrected chi connectivity index (χ0v) is 36.4. The minimum Gasteiger partial charge on any atom is -0.494 e. The maximum absolute atomic E-state index is 10.1. The maximum Gasteiger partial charge on any atom is 0.240 e. The first kappa shape index (κ1) is 55.3. The van der Waals surface area contributed by atoms with Gasteiger partial charge < -0.3 is 9.47 Å². The number of hydrogen-bond acceptors (Lipinski definition) is 22. The summed E-state index contributed by atoms with van der Waals surface area (Å²) in [5, 5.41) is 0.299. The van der Waals surface area contributed by atoms with Crippen molar-refractivity contribution in [2.24, 2.45) is 49.9 Å². The molecule has 0 bridgehead atoms. The van der Waals surface area contributed by atoms with Crippen LogP contribution in [0.15, 0.2) is 151 Å². The molecule has 0 N–H and O–H groups in total. The number of benzene rings is 5. The summed E-state index contributed by atoms with van der Waals surface area (Å²) in [5.41, 5.74) is 3.60. The van der Waals surface area contributed by atoms with Gasteiger partial charge in [-0.3, -0.25) is 0 Å². The van der Waals surface area contributed by atoms with Crippen molar-refractivity contribution in [3.8, 4) is 11.5 Å². The number of halogens is 2. The van der Waals surface area contributed by atoms with Crippen molar-refractivity contribution in [2.45, 2.75) is 6.92 Å². The van der Waals surface area contributed by atoms with Crippen molar-refractivity contribution in [3.05, 3.63) is 107 Å². The van der Waals surface area contributed by atoms with Crippen molar-refractivity contribution in [2.75, 3.05) is 13.7 Å². The smallest absolute Gasteiger partial charge is 0.240 e. The third kappa shape index (κ3) is 21.8. The van der Waals surface area contributed by atoms with E-state index in [2.05, 4.69) is 65.9 Å². The Hall–Kier alpha value is -9.73. The summed E-state index contributed by atoms with van der Waals surface area (Å²) in [5.74, 6) is 0.865. The Balaban J connectivity index is 0.000000420. The Morgan fingerprint density at radius 3 is 1.10 bits per heavy atom. The van der Waals surface area contributed by atoms with Gasteiger partial charge in [-0.15, -0.1) is 0 Å². The monoisotopic (exact) mass is 986 g/mol. The molecule has 0 aliphatic heterocycles. The van der Waals surface area contributed by atoms with Crippen molar-refractivity contribution >= 4 is 145 Å². The van der Waals surface area contributed by atoms with E-state index in [0.717, 1.165) is 0 Å². The lowest BCUT2D eigenvalue weighted by atomic mass is 10.2. The first-order valence-electron chi connectivity index (χ1n) is 17.5. The zero-order chi connectivity index (χ0) is 49.7. The van der Waals surface area contributed by atoms with Gasteiger partial charge in [0.1, 0.15) is 22.9 Å².